The van der Waals surface area contributed by atoms with Crippen LogP contribution < -0.4 is 5.32 Å². The molecule has 0 atom stereocenters. The van der Waals surface area contributed by atoms with Crippen LogP contribution in [0.5, 0.6) is 0 Å². The van der Waals surface area contributed by atoms with Gasteiger partial charge < -0.3 is 14.8 Å². The Kier molecular flexibility index (Phi) is 3.24. The first-order valence-electron chi connectivity index (χ1n) is 6.02. The fraction of sp³-hybridized carbons (Fsp3) is 0.615. The lowest BCUT2D eigenvalue weighted by Gasteiger charge is -2.14. The van der Waals surface area contributed by atoms with Crippen LogP contribution in [0.3, 0.4) is 0 Å². The molecule has 0 saturated heterocycles. The largest absolute Gasteiger partial charge is 0.466 e. The molecule has 17 heavy (non-hydrogen) atoms. The summed E-state index contributed by atoms with van der Waals surface area (Å²) in [5.41, 5.74) is 0.763. The van der Waals surface area contributed by atoms with E-state index in [2.05, 4.69) is 5.32 Å². The molecule has 1 amide bonds. The van der Waals surface area contributed by atoms with Gasteiger partial charge in [-0.05, 0) is 44.6 Å². The van der Waals surface area contributed by atoms with Gasteiger partial charge in [0.25, 0.3) is 5.91 Å². The van der Waals surface area contributed by atoms with E-state index in [4.69, 9.17) is 9.52 Å². The summed E-state index contributed by atoms with van der Waals surface area (Å²) in [4.78, 5) is 11.9. The van der Waals surface area contributed by atoms with E-state index in [1.165, 1.54) is 0 Å². The second-order valence-corrected chi connectivity index (χ2v) is 4.98. The molecule has 4 heteroatoms. The molecule has 1 heterocycles. The van der Waals surface area contributed by atoms with Crippen LogP contribution in [0.25, 0.3) is 0 Å². The fourth-order valence-corrected chi connectivity index (χ4v) is 2.15. The smallest absolute Gasteiger partial charge is 0.254 e. The number of aliphatic hydroxyl groups is 1. The van der Waals surface area contributed by atoms with E-state index in [0.29, 0.717) is 17.9 Å². The van der Waals surface area contributed by atoms with Crippen LogP contribution in [0.4, 0.5) is 0 Å². The van der Waals surface area contributed by atoms with Gasteiger partial charge in [-0.3, -0.25) is 4.79 Å². The van der Waals surface area contributed by atoms with Crippen LogP contribution in [-0.4, -0.2) is 24.2 Å². The molecule has 1 saturated carbocycles. The molecule has 0 unspecified atom stereocenters. The second-order valence-electron chi connectivity index (χ2n) is 4.98. The van der Waals surface area contributed by atoms with Crippen molar-refractivity contribution in [2.75, 3.05) is 13.2 Å². The second kappa shape index (κ2) is 4.53. The van der Waals surface area contributed by atoms with Crippen LogP contribution in [0.2, 0.25) is 0 Å². The molecule has 2 N–H and O–H groups in total. The lowest BCUT2D eigenvalue weighted by molar-refractivity contribution is 0.0939. The van der Waals surface area contributed by atoms with Crippen molar-refractivity contribution in [2.45, 2.75) is 33.1 Å². The first kappa shape index (κ1) is 12.2. The minimum atomic E-state index is -0.0800. The van der Waals surface area contributed by atoms with Gasteiger partial charge >= 0.3 is 0 Å². The van der Waals surface area contributed by atoms with Crippen LogP contribution in [0.15, 0.2) is 10.5 Å². The number of carbonyl (C=O) groups excluding carboxylic acids is 1. The third-order valence-electron chi connectivity index (χ3n) is 3.51. The predicted octanol–water partition coefficient (Wildman–Crippen LogP) is 1.79. The Morgan fingerprint density at radius 1 is 1.53 bits per heavy atom. The molecular formula is C13H19NO3. The van der Waals surface area contributed by atoms with E-state index in [9.17, 15) is 4.79 Å². The van der Waals surface area contributed by atoms with Crippen molar-refractivity contribution in [3.05, 3.63) is 23.2 Å². The van der Waals surface area contributed by atoms with E-state index in [1.807, 2.05) is 6.92 Å². The van der Waals surface area contributed by atoms with Crippen LogP contribution >= 0.6 is 0 Å². The maximum atomic E-state index is 11.9. The zero-order valence-electron chi connectivity index (χ0n) is 10.4. The van der Waals surface area contributed by atoms with Crippen LogP contribution in [0.1, 0.15) is 41.1 Å². The van der Waals surface area contributed by atoms with Crippen LogP contribution in [-0.2, 0) is 0 Å². The van der Waals surface area contributed by atoms with E-state index >= 15 is 0 Å². The van der Waals surface area contributed by atoms with Crippen LogP contribution in [0, 0.1) is 19.3 Å². The van der Waals surface area contributed by atoms with Gasteiger partial charge in [0.1, 0.15) is 11.5 Å². The Balaban J connectivity index is 1.92. The van der Waals surface area contributed by atoms with Gasteiger partial charge in [-0.1, -0.05) is 0 Å². The number of nitrogens with one attached hydrogen (secondary N) is 1. The Morgan fingerprint density at radius 3 is 2.71 bits per heavy atom. The molecule has 1 aliphatic rings. The Hall–Kier alpha value is -1.29. The number of amides is 1. The van der Waals surface area contributed by atoms with Gasteiger partial charge in [0.05, 0.1) is 5.56 Å². The molecule has 1 aliphatic carbocycles. The number of carbonyl (C=O) groups is 1. The summed E-state index contributed by atoms with van der Waals surface area (Å²) in [6, 6.07) is 1.76. The highest BCUT2D eigenvalue weighted by Gasteiger charge is 2.42. The molecule has 2 rings (SSSR count). The molecule has 1 aromatic rings. The van der Waals surface area contributed by atoms with Gasteiger partial charge in [0, 0.05) is 13.2 Å². The van der Waals surface area contributed by atoms with Crippen molar-refractivity contribution in [3.8, 4) is 0 Å². The first-order valence-corrected chi connectivity index (χ1v) is 6.02. The third-order valence-corrected chi connectivity index (χ3v) is 3.51. The topological polar surface area (TPSA) is 62.5 Å². The number of hydrogen-bond donors (Lipinski definition) is 2. The highest BCUT2D eigenvalue weighted by Crippen LogP contribution is 2.47. The molecule has 0 aliphatic heterocycles. The van der Waals surface area contributed by atoms with E-state index in [1.54, 1.807) is 13.0 Å². The van der Waals surface area contributed by atoms with Gasteiger partial charge in [0.2, 0.25) is 0 Å². The average molecular weight is 237 g/mol. The molecule has 1 aromatic heterocycles. The van der Waals surface area contributed by atoms with Crippen molar-refractivity contribution in [2.24, 2.45) is 5.41 Å². The minimum absolute atomic E-state index is 0.0800. The Morgan fingerprint density at radius 2 is 2.24 bits per heavy atom. The zero-order chi connectivity index (χ0) is 12.5. The third kappa shape index (κ3) is 2.69. The summed E-state index contributed by atoms with van der Waals surface area (Å²) >= 11 is 0. The summed E-state index contributed by atoms with van der Waals surface area (Å²) < 4.78 is 5.33. The van der Waals surface area contributed by atoms with E-state index < -0.39 is 0 Å². The highest BCUT2D eigenvalue weighted by molar-refractivity contribution is 5.95. The molecule has 0 radical (unpaired) electrons. The van der Waals surface area contributed by atoms with Gasteiger partial charge in [-0.15, -0.1) is 0 Å². The fourth-order valence-electron chi connectivity index (χ4n) is 2.15. The maximum Gasteiger partial charge on any atom is 0.254 e. The number of hydrogen-bond acceptors (Lipinski definition) is 3. The van der Waals surface area contributed by atoms with E-state index in [-0.39, 0.29) is 17.9 Å². The summed E-state index contributed by atoms with van der Waals surface area (Å²) in [5.74, 6) is 1.33. The first-order chi connectivity index (χ1) is 8.06. The molecule has 0 aromatic carbocycles. The summed E-state index contributed by atoms with van der Waals surface area (Å²) in [6.07, 6.45) is 2.96. The highest BCUT2D eigenvalue weighted by atomic mass is 16.3. The van der Waals surface area contributed by atoms with Gasteiger partial charge in [-0.25, -0.2) is 0 Å². The lowest BCUT2D eigenvalue weighted by atomic mass is 10.0. The van der Waals surface area contributed by atoms with E-state index in [0.717, 1.165) is 25.0 Å². The number of furan rings is 1. The minimum Gasteiger partial charge on any atom is -0.466 e. The number of aliphatic hydroxyl groups excluding tert-OH is 1. The number of rotatable bonds is 5. The Bertz CT molecular complexity index is 418. The van der Waals surface area contributed by atoms with Gasteiger partial charge in [-0.2, -0.15) is 0 Å². The molecule has 94 valence electrons. The summed E-state index contributed by atoms with van der Waals surface area (Å²) in [5, 5.41) is 11.9. The normalized spacial score (nSPS) is 16.9. The van der Waals surface area contributed by atoms with Crippen molar-refractivity contribution in [1.29, 1.82) is 0 Å². The standard InChI is InChI=1S/C13H19NO3/c1-9-7-11(10(2)17-9)12(16)14-8-13(3-4-13)5-6-15/h7,15H,3-6,8H2,1-2H3,(H,14,16). The Labute approximate surface area is 101 Å². The van der Waals surface area contributed by atoms with Crippen molar-refractivity contribution in [3.63, 3.8) is 0 Å². The maximum absolute atomic E-state index is 11.9. The summed E-state index contributed by atoms with van der Waals surface area (Å²) in [6.45, 7) is 4.47. The molecule has 0 spiro atoms. The SMILES string of the molecule is Cc1cc(C(=O)NCC2(CCO)CC2)c(C)o1. The van der Waals surface area contributed by atoms with Gasteiger partial charge in [0.15, 0.2) is 0 Å². The molecule has 4 nitrogen and oxygen atoms in total. The number of aryl methyl sites for hydroxylation is 2. The zero-order valence-corrected chi connectivity index (χ0v) is 10.4. The molecule has 0 bridgehead atoms. The molecular weight excluding hydrogens is 218 g/mol. The van der Waals surface area contributed by atoms with Crippen molar-refractivity contribution >= 4 is 5.91 Å². The quantitative estimate of drug-likeness (QED) is 0.820. The predicted molar refractivity (Wildman–Crippen MR) is 63.9 cm³/mol. The monoisotopic (exact) mass is 237 g/mol. The summed E-state index contributed by atoms with van der Waals surface area (Å²) in [7, 11) is 0. The molecule has 1 fully saturated rings. The van der Waals surface area contributed by atoms with Crippen molar-refractivity contribution in [1.82, 2.24) is 5.32 Å². The lowest BCUT2D eigenvalue weighted by Crippen LogP contribution is -2.30. The van der Waals surface area contributed by atoms with Crippen molar-refractivity contribution < 1.29 is 14.3 Å². The average Bonchev–Trinajstić information content (AvgIpc) is 2.95.